The molecule has 1 fully saturated rings. The summed E-state index contributed by atoms with van der Waals surface area (Å²) in [6.07, 6.45) is 5.69. The molecule has 0 spiro atoms. The van der Waals surface area contributed by atoms with Crippen molar-refractivity contribution in [3.63, 3.8) is 0 Å². The van der Waals surface area contributed by atoms with E-state index in [9.17, 15) is 0 Å². The third-order valence-corrected chi connectivity index (χ3v) is 3.52. The van der Waals surface area contributed by atoms with Crippen LogP contribution in [0, 0.1) is 0 Å². The molecule has 0 radical (unpaired) electrons. The summed E-state index contributed by atoms with van der Waals surface area (Å²) in [6.45, 7) is 0.891. The highest BCUT2D eigenvalue weighted by atomic mass is 79.9. The Hall–Kier alpha value is 0.0700. The summed E-state index contributed by atoms with van der Waals surface area (Å²) in [4.78, 5) is 4.29. The zero-order valence-electron chi connectivity index (χ0n) is 6.62. The van der Waals surface area contributed by atoms with E-state index in [2.05, 4.69) is 20.9 Å². The van der Waals surface area contributed by atoms with Gasteiger partial charge < -0.3 is 4.74 Å². The van der Waals surface area contributed by atoms with Crippen LogP contribution < -0.4 is 0 Å². The van der Waals surface area contributed by atoms with E-state index in [0.717, 1.165) is 21.8 Å². The van der Waals surface area contributed by atoms with E-state index in [1.54, 1.807) is 11.3 Å². The Bertz CT molecular complexity index is 257. The maximum atomic E-state index is 5.60. The van der Waals surface area contributed by atoms with E-state index in [-0.39, 0.29) is 6.10 Å². The third kappa shape index (κ3) is 1.87. The van der Waals surface area contributed by atoms with Crippen LogP contribution >= 0.6 is 27.3 Å². The molecule has 1 atom stereocenters. The molecule has 2 heterocycles. The Morgan fingerprint density at radius 3 is 3.08 bits per heavy atom. The predicted octanol–water partition coefficient (Wildman–Crippen LogP) is 3.15. The van der Waals surface area contributed by atoms with E-state index < -0.39 is 0 Å². The minimum absolute atomic E-state index is 0.259. The molecule has 4 heteroatoms. The molecule has 2 rings (SSSR count). The lowest BCUT2D eigenvalue weighted by Crippen LogP contribution is -2.10. The van der Waals surface area contributed by atoms with Crippen LogP contribution in [0.25, 0.3) is 0 Å². The van der Waals surface area contributed by atoms with E-state index in [1.165, 1.54) is 12.8 Å². The molecule has 1 aromatic heterocycles. The topological polar surface area (TPSA) is 22.1 Å². The van der Waals surface area contributed by atoms with Gasteiger partial charge in [0.15, 0.2) is 0 Å². The summed E-state index contributed by atoms with van der Waals surface area (Å²) in [5.41, 5.74) is 0. The second-order valence-electron chi connectivity index (χ2n) is 2.86. The molecule has 0 aliphatic carbocycles. The number of nitrogens with zero attached hydrogens (tertiary/aromatic N) is 1. The van der Waals surface area contributed by atoms with Crippen LogP contribution in [0.5, 0.6) is 0 Å². The van der Waals surface area contributed by atoms with Crippen LogP contribution in [-0.2, 0) is 4.74 Å². The van der Waals surface area contributed by atoms with Crippen LogP contribution in [0.2, 0.25) is 0 Å². The van der Waals surface area contributed by atoms with Crippen molar-refractivity contribution in [3.05, 3.63) is 15.0 Å². The molecule has 2 nitrogen and oxygen atoms in total. The molecule has 1 saturated heterocycles. The SMILES string of the molecule is Brc1cnc([C@@H]2CCCCO2)s1. The lowest BCUT2D eigenvalue weighted by atomic mass is 10.1. The van der Waals surface area contributed by atoms with Gasteiger partial charge in [0.05, 0.1) is 9.98 Å². The molecule has 1 aliphatic heterocycles. The normalized spacial score (nSPS) is 24.2. The number of aromatic nitrogens is 1. The molecular weight excluding hydrogens is 238 g/mol. The fraction of sp³-hybridized carbons (Fsp3) is 0.625. The molecule has 0 aromatic carbocycles. The quantitative estimate of drug-likeness (QED) is 0.761. The van der Waals surface area contributed by atoms with Crippen LogP contribution in [-0.4, -0.2) is 11.6 Å². The van der Waals surface area contributed by atoms with Crippen molar-refractivity contribution < 1.29 is 4.74 Å². The lowest BCUT2D eigenvalue weighted by molar-refractivity contribution is 0.0148. The van der Waals surface area contributed by atoms with Crippen molar-refractivity contribution in [2.45, 2.75) is 25.4 Å². The largest absolute Gasteiger partial charge is 0.371 e. The van der Waals surface area contributed by atoms with Crippen LogP contribution in [0.15, 0.2) is 9.98 Å². The highest BCUT2D eigenvalue weighted by Crippen LogP contribution is 2.32. The zero-order valence-corrected chi connectivity index (χ0v) is 9.03. The van der Waals surface area contributed by atoms with Gasteiger partial charge in [-0.15, -0.1) is 11.3 Å². The highest BCUT2D eigenvalue weighted by molar-refractivity contribution is 9.11. The average Bonchev–Trinajstić information content (AvgIpc) is 2.54. The molecule has 12 heavy (non-hydrogen) atoms. The second-order valence-corrected chi connectivity index (χ2v) is 5.30. The fourth-order valence-electron chi connectivity index (χ4n) is 1.35. The molecule has 0 N–H and O–H groups in total. The first kappa shape index (κ1) is 8.66. The summed E-state index contributed by atoms with van der Waals surface area (Å²) in [5, 5.41) is 1.11. The summed E-state index contributed by atoms with van der Waals surface area (Å²) in [6, 6.07) is 0. The smallest absolute Gasteiger partial charge is 0.123 e. The van der Waals surface area contributed by atoms with E-state index in [4.69, 9.17) is 4.74 Å². The highest BCUT2D eigenvalue weighted by Gasteiger charge is 2.18. The van der Waals surface area contributed by atoms with Crippen molar-refractivity contribution in [1.29, 1.82) is 0 Å². The number of halogens is 1. The molecule has 1 aromatic rings. The summed E-state index contributed by atoms with van der Waals surface area (Å²) in [5.74, 6) is 0. The summed E-state index contributed by atoms with van der Waals surface area (Å²) < 4.78 is 6.69. The Kier molecular flexibility index (Phi) is 2.78. The average molecular weight is 248 g/mol. The van der Waals surface area contributed by atoms with E-state index in [0.29, 0.717) is 0 Å². The monoisotopic (exact) mass is 247 g/mol. The van der Waals surface area contributed by atoms with Crippen molar-refractivity contribution in [2.24, 2.45) is 0 Å². The van der Waals surface area contributed by atoms with Crippen molar-refractivity contribution in [2.75, 3.05) is 6.61 Å². The van der Waals surface area contributed by atoms with Gasteiger partial charge in [-0.2, -0.15) is 0 Å². The maximum absolute atomic E-state index is 5.60. The molecule has 0 amide bonds. The number of hydrogen-bond acceptors (Lipinski definition) is 3. The van der Waals surface area contributed by atoms with Crippen LogP contribution in [0.4, 0.5) is 0 Å². The van der Waals surface area contributed by atoms with Gasteiger partial charge in [-0.05, 0) is 35.2 Å². The number of ether oxygens (including phenoxy) is 1. The van der Waals surface area contributed by atoms with Gasteiger partial charge >= 0.3 is 0 Å². The molecule has 0 bridgehead atoms. The second kappa shape index (κ2) is 3.85. The number of rotatable bonds is 1. The van der Waals surface area contributed by atoms with Crippen LogP contribution in [0.1, 0.15) is 30.4 Å². The Morgan fingerprint density at radius 2 is 2.50 bits per heavy atom. The first-order valence-electron chi connectivity index (χ1n) is 4.09. The molecular formula is C8H10BrNOS. The molecule has 1 aliphatic rings. The predicted molar refractivity (Wildman–Crippen MR) is 52.4 cm³/mol. The van der Waals surface area contributed by atoms with Gasteiger partial charge in [0.2, 0.25) is 0 Å². The minimum atomic E-state index is 0.259. The molecule has 66 valence electrons. The van der Waals surface area contributed by atoms with Gasteiger partial charge in [0, 0.05) is 6.61 Å². The van der Waals surface area contributed by atoms with Crippen molar-refractivity contribution in [1.82, 2.24) is 4.98 Å². The van der Waals surface area contributed by atoms with Gasteiger partial charge in [-0.3, -0.25) is 0 Å². The molecule has 0 saturated carbocycles. The fourth-order valence-corrected chi connectivity index (χ4v) is 2.68. The standard InChI is InChI=1S/C8H10BrNOS/c9-7-5-10-8(12-7)6-3-1-2-4-11-6/h5-6H,1-4H2/t6-/m0/s1. The van der Waals surface area contributed by atoms with Crippen molar-refractivity contribution >= 4 is 27.3 Å². The minimum Gasteiger partial charge on any atom is -0.371 e. The van der Waals surface area contributed by atoms with Crippen LogP contribution in [0.3, 0.4) is 0 Å². The zero-order chi connectivity index (χ0) is 8.39. The van der Waals surface area contributed by atoms with Gasteiger partial charge in [0.1, 0.15) is 11.1 Å². The number of thiazole rings is 1. The Balaban J connectivity index is 2.08. The summed E-state index contributed by atoms with van der Waals surface area (Å²) in [7, 11) is 0. The first-order chi connectivity index (χ1) is 5.86. The van der Waals surface area contributed by atoms with Crippen molar-refractivity contribution in [3.8, 4) is 0 Å². The maximum Gasteiger partial charge on any atom is 0.123 e. The summed E-state index contributed by atoms with van der Waals surface area (Å²) >= 11 is 5.07. The van der Waals surface area contributed by atoms with E-state index >= 15 is 0 Å². The van der Waals surface area contributed by atoms with Gasteiger partial charge in [-0.25, -0.2) is 4.98 Å². The Morgan fingerprint density at radius 1 is 1.58 bits per heavy atom. The first-order valence-corrected chi connectivity index (χ1v) is 5.70. The molecule has 0 unspecified atom stereocenters. The third-order valence-electron chi connectivity index (χ3n) is 1.95. The van der Waals surface area contributed by atoms with Gasteiger partial charge in [-0.1, -0.05) is 0 Å². The number of hydrogen-bond donors (Lipinski definition) is 0. The van der Waals surface area contributed by atoms with E-state index in [1.807, 2.05) is 6.20 Å². The lowest BCUT2D eigenvalue weighted by Gasteiger charge is -2.20. The Labute approximate surface area is 84.1 Å². The van der Waals surface area contributed by atoms with Gasteiger partial charge in [0.25, 0.3) is 0 Å².